The summed E-state index contributed by atoms with van der Waals surface area (Å²) in [6.07, 6.45) is 3.93. The Bertz CT molecular complexity index is 581. The molecule has 1 aromatic rings. The standard InChI is InChI=1S/C17H20N2O3/c18-10-7-13-3-5-14(6-4-13)19-15(20)11-17(12-16(21)22)8-1-2-9-17/h3-6H,1-2,7-9,11-12H2,(H,19,20)(H,21,22)/p-1. The van der Waals surface area contributed by atoms with Crippen molar-refractivity contribution in [2.45, 2.75) is 44.9 Å². The highest BCUT2D eigenvalue weighted by Gasteiger charge is 2.35. The quantitative estimate of drug-likeness (QED) is 0.866. The SMILES string of the molecule is N#CCc1ccc(NC(=O)CC2(CC(=O)[O-])CCCC2)cc1. The fraction of sp³-hybridized carbons (Fsp3) is 0.471. The fourth-order valence-corrected chi connectivity index (χ4v) is 3.19. The van der Waals surface area contributed by atoms with Gasteiger partial charge in [-0.3, -0.25) is 4.79 Å². The topological polar surface area (TPSA) is 93.0 Å². The van der Waals surface area contributed by atoms with Crippen LogP contribution in [0.3, 0.4) is 0 Å². The van der Waals surface area contributed by atoms with Crippen LogP contribution in [0.2, 0.25) is 0 Å². The largest absolute Gasteiger partial charge is 0.550 e. The molecule has 22 heavy (non-hydrogen) atoms. The number of anilines is 1. The molecule has 0 aromatic heterocycles. The number of carboxylic acids is 1. The summed E-state index contributed by atoms with van der Waals surface area (Å²) in [5, 5.41) is 22.4. The number of hydrogen-bond acceptors (Lipinski definition) is 4. The first kappa shape index (κ1) is 16.0. The van der Waals surface area contributed by atoms with E-state index >= 15 is 0 Å². The van der Waals surface area contributed by atoms with Crippen LogP contribution < -0.4 is 10.4 Å². The molecular weight excluding hydrogens is 280 g/mol. The second-order valence-electron chi connectivity index (χ2n) is 6.01. The molecule has 1 saturated carbocycles. The molecule has 0 unspecified atom stereocenters. The summed E-state index contributed by atoms with van der Waals surface area (Å²) in [7, 11) is 0. The van der Waals surface area contributed by atoms with Crippen molar-refractivity contribution in [2.75, 3.05) is 5.32 Å². The Morgan fingerprint density at radius 2 is 1.82 bits per heavy atom. The summed E-state index contributed by atoms with van der Waals surface area (Å²) < 4.78 is 0. The molecule has 0 radical (unpaired) electrons. The molecule has 1 N–H and O–H groups in total. The first-order valence-electron chi connectivity index (χ1n) is 7.49. The first-order chi connectivity index (χ1) is 10.5. The van der Waals surface area contributed by atoms with Gasteiger partial charge >= 0.3 is 0 Å². The van der Waals surface area contributed by atoms with E-state index in [1.807, 2.05) is 0 Å². The van der Waals surface area contributed by atoms with Gasteiger partial charge in [0.2, 0.25) is 5.91 Å². The fourth-order valence-electron chi connectivity index (χ4n) is 3.19. The molecule has 1 aliphatic carbocycles. The zero-order valence-electron chi connectivity index (χ0n) is 12.4. The van der Waals surface area contributed by atoms with Crippen molar-refractivity contribution >= 4 is 17.6 Å². The van der Waals surface area contributed by atoms with Crippen LogP contribution in [0.4, 0.5) is 5.69 Å². The number of nitriles is 1. The van der Waals surface area contributed by atoms with E-state index < -0.39 is 11.4 Å². The van der Waals surface area contributed by atoms with Gasteiger partial charge in [0.15, 0.2) is 0 Å². The van der Waals surface area contributed by atoms with E-state index in [0.29, 0.717) is 12.1 Å². The molecule has 0 atom stereocenters. The van der Waals surface area contributed by atoms with Gasteiger partial charge in [0.05, 0.1) is 12.5 Å². The molecule has 1 aliphatic rings. The minimum atomic E-state index is -1.09. The number of nitrogens with one attached hydrogen (secondary N) is 1. The van der Waals surface area contributed by atoms with E-state index in [1.165, 1.54) is 0 Å². The Labute approximate surface area is 129 Å². The third-order valence-electron chi connectivity index (χ3n) is 4.24. The number of benzene rings is 1. The molecule has 2 rings (SSSR count). The zero-order chi connectivity index (χ0) is 16.0. The maximum Gasteiger partial charge on any atom is 0.224 e. The number of aliphatic carboxylic acids is 1. The zero-order valence-corrected chi connectivity index (χ0v) is 12.4. The predicted octanol–water partition coefficient (Wildman–Crippen LogP) is 1.78. The van der Waals surface area contributed by atoms with Crippen molar-refractivity contribution in [1.82, 2.24) is 0 Å². The van der Waals surface area contributed by atoms with Crippen LogP contribution in [0.15, 0.2) is 24.3 Å². The maximum absolute atomic E-state index is 12.2. The summed E-state index contributed by atoms with van der Waals surface area (Å²) in [4.78, 5) is 23.1. The van der Waals surface area contributed by atoms with Crippen LogP contribution in [0.5, 0.6) is 0 Å². The van der Waals surface area contributed by atoms with Gasteiger partial charge in [-0.05, 0) is 42.4 Å². The molecule has 5 heteroatoms. The molecule has 0 bridgehead atoms. The molecular formula is C17H19N2O3-. The van der Waals surface area contributed by atoms with E-state index in [2.05, 4.69) is 11.4 Å². The summed E-state index contributed by atoms with van der Waals surface area (Å²) in [6.45, 7) is 0. The Balaban J connectivity index is 1.96. The summed E-state index contributed by atoms with van der Waals surface area (Å²) in [5.74, 6) is -1.26. The van der Waals surface area contributed by atoms with Crippen LogP contribution in [0.1, 0.15) is 44.1 Å². The van der Waals surface area contributed by atoms with Crippen molar-refractivity contribution in [3.05, 3.63) is 29.8 Å². The van der Waals surface area contributed by atoms with Gasteiger partial charge in [0, 0.05) is 18.1 Å². The molecule has 1 amide bonds. The Hall–Kier alpha value is -2.35. The Morgan fingerprint density at radius 1 is 1.18 bits per heavy atom. The van der Waals surface area contributed by atoms with Crippen molar-refractivity contribution in [1.29, 1.82) is 5.26 Å². The monoisotopic (exact) mass is 299 g/mol. The van der Waals surface area contributed by atoms with E-state index in [4.69, 9.17) is 5.26 Å². The van der Waals surface area contributed by atoms with Crippen LogP contribution in [-0.2, 0) is 16.0 Å². The molecule has 116 valence electrons. The minimum Gasteiger partial charge on any atom is -0.550 e. The van der Waals surface area contributed by atoms with Gasteiger partial charge < -0.3 is 15.2 Å². The lowest BCUT2D eigenvalue weighted by Crippen LogP contribution is -2.33. The molecule has 0 heterocycles. The van der Waals surface area contributed by atoms with E-state index in [-0.39, 0.29) is 18.7 Å². The minimum absolute atomic E-state index is 0.0540. The van der Waals surface area contributed by atoms with E-state index in [9.17, 15) is 14.7 Å². The van der Waals surface area contributed by atoms with Crippen LogP contribution in [0.25, 0.3) is 0 Å². The predicted molar refractivity (Wildman–Crippen MR) is 79.5 cm³/mol. The molecule has 0 spiro atoms. The number of carboxylic acid groups (broad SMARTS) is 1. The van der Waals surface area contributed by atoms with Crippen LogP contribution in [0, 0.1) is 16.7 Å². The number of rotatable bonds is 6. The maximum atomic E-state index is 12.2. The number of carbonyl (C=O) groups excluding carboxylic acids is 2. The lowest BCUT2D eigenvalue weighted by molar-refractivity contribution is -0.308. The Morgan fingerprint density at radius 3 is 2.36 bits per heavy atom. The molecule has 0 aliphatic heterocycles. The lowest BCUT2D eigenvalue weighted by atomic mass is 9.79. The van der Waals surface area contributed by atoms with E-state index in [1.54, 1.807) is 24.3 Å². The second-order valence-corrected chi connectivity index (χ2v) is 6.01. The lowest BCUT2D eigenvalue weighted by Gasteiger charge is -2.28. The third kappa shape index (κ3) is 4.32. The summed E-state index contributed by atoms with van der Waals surface area (Å²) in [5.41, 5.74) is 1.10. The third-order valence-corrected chi connectivity index (χ3v) is 4.24. The highest BCUT2D eigenvalue weighted by Crippen LogP contribution is 2.44. The van der Waals surface area contributed by atoms with Gasteiger partial charge in [-0.25, -0.2) is 0 Å². The van der Waals surface area contributed by atoms with Gasteiger partial charge in [-0.1, -0.05) is 25.0 Å². The van der Waals surface area contributed by atoms with E-state index in [0.717, 1.165) is 31.2 Å². The normalized spacial score (nSPS) is 16.0. The average Bonchev–Trinajstić information content (AvgIpc) is 2.88. The first-order valence-corrected chi connectivity index (χ1v) is 7.49. The van der Waals surface area contributed by atoms with Gasteiger partial charge in [-0.2, -0.15) is 5.26 Å². The highest BCUT2D eigenvalue weighted by molar-refractivity contribution is 5.91. The number of amides is 1. The Kier molecular flexibility index (Phi) is 5.16. The molecule has 1 fully saturated rings. The van der Waals surface area contributed by atoms with Crippen molar-refractivity contribution in [3.8, 4) is 6.07 Å². The van der Waals surface area contributed by atoms with Crippen molar-refractivity contribution in [2.24, 2.45) is 5.41 Å². The number of hydrogen-bond donors (Lipinski definition) is 1. The average molecular weight is 299 g/mol. The highest BCUT2D eigenvalue weighted by atomic mass is 16.4. The molecule has 5 nitrogen and oxygen atoms in total. The van der Waals surface area contributed by atoms with Crippen LogP contribution in [-0.4, -0.2) is 11.9 Å². The van der Waals surface area contributed by atoms with Crippen molar-refractivity contribution in [3.63, 3.8) is 0 Å². The second kappa shape index (κ2) is 7.08. The van der Waals surface area contributed by atoms with Gasteiger partial charge in [-0.15, -0.1) is 0 Å². The summed E-state index contributed by atoms with van der Waals surface area (Å²) in [6, 6.07) is 9.17. The number of carbonyl (C=O) groups is 2. The van der Waals surface area contributed by atoms with Gasteiger partial charge in [0.1, 0.15) is 0 Å². The van der Waals surface area contributed by atoms with Crippen LogP contribution >= 0.6 is 0 Å². The smallest absolute Gasteiger partial charge is 0.224 e. The molecule has 1 aromatic carbocycles. The number of nitrogens with zero attached hydrogens (tertiary/aromatic N) is 1. The molecule has 0 saturated heterocycles. The summed E-state index contributed by atoms with van der Waals surface area (Å²) >= 11 is 0. The van der Waals surface area contributed by atoms with Crippen molar-refractivity contribution < 1.29 is 14.7 Å². The van der Waals surface area contributed by atoms with Gasteiger partial charge in [0.25, 0.3) is 0 Å².